The molecule has 3 aromatic rings. The zero-order valence-electron chi connectivity index (χ0n) is 19.7. The zero-order valence-corrected chi connectivity index (χ0v) is 19.7. The molecule has 0 unspecified atom stereocenters. The predicted molar refractivity (Wildman–Crippen MR) is 141 cm³/mol. The number of benzodiazepines with no additional fused rings is 1. The number of fused-ring (bicyclic) bond motifs is 1. The summed E-state index contributed by atoms with van der Waals surface area (Å²) in [5.74, 6) is -0.190. The van der Waals surface area contributed by atoms with Gasteiger partial charge in [-0.05, 0) is 30.3 Å². The Morgan fingerprint density at radius 3 is 2.31 bits per heavy atom. The molecule has 1 saturated heterocycles. The highest BCUT2D eigenvalue weighted by Gasteiger charge is 2.17. The number of carbonyl (C=O) groups is 1. The highest BCUT2D eigenvalue weighted by Crippen LogP contribution is 2.22. The van der Waals surface area contributed by atoms with Gasteiger partial charge in [-0.2, -0.15) is 0 Å². The van der Waals surface area contributed by atoms with Crippen LogP contribution < -0.4 is 16.0 Å². The van der Waals surface area contributed by atoms with Gasteiger partial charge in [0, 0.05) is 35.5 Å². The number of aliphatic imine (C=N–C) groups is 1. The summed E-state index contributed by atoms with van der Waals surface area (Å²) in [5.41, 5.74) is 10.5. The molecule has 1 amide bonds. The van der Waals surface area contributed by atoms with Crippen LogP contribution in [0.3, 0.4) is 0 Å². The van der Waals surface area contributed by atoms with Gasteiger partial charge in [0.05, 0.1) is 24.6 Å². The first kappa shape index (κ1) is 24.6. The Bertz CT molecular complexity index is 1250. The minimum atomic E-state index is -0.475. The minimum Gasteiger partial charge on any atom is -0.407 e. The summed E-state index contributed by atoms with van der Waals surface area (Å²) >= 11 is 0. The number of rotatable bonds is 3. The quantitative estimate of drug-likeness (QED) is 0.334. The van der Waals surface area contributed by atoms with Gasteiger partial charge in [0.2, 0.25) is 11.8 Å². The minimum absolute atomic E-state index is 0.0756. The summed E-state index contributed by atoms with van der Waals surface area (Å²) in [6.45, 7) is 3.40. The molecule has 9 nitrogen and oxygen atoms in total. The largest absolute Gasteiger partial charge is 0.407 e. The van der Waals surface area contributed by atoms with E-state index in [-0.39, 0.29) is 18.3 Å². The van der Waals surface area contributed by atoms with E-state index in [4.69, 9.17) is 26.0 Å². The van der Waals surface area contributed by atoms with Crippen molar-refractivity contribution in [1.82, 2.24) is 0 Å². The molecule has 0 aromatic heterocycles. The number of hydrogen-bond acceptors (Lipinski definition) is 7. The molecule has 0 bridgehead atoms. The fraction of sp³-hybridized carbons (Fsp3) is 0.185. The standard InChI is InChI=1S/C15H12N2O.C12H16N4O2/c18-14-10-16-15(11-6-2-1-3-7-11)12-8-4-5-9-13(12)17-14;13-11(18-12(14)15)9-1-3-10(4-2-9)16-5-7-17-8-6-16/h1-9H,10H2,(H,17,18);1-4,13H,5-8H2,(H3,14,15). The number of ether oxygens (including phenoxy) is 2. The van der Waals surface area contributed by atoms with Crippen molar-refractivity contribution in [2.24, 2.45) is 10.7 Å². The molecule has 184 valence electrons. The van der Waals surface area contributed by atoms with Crippen LogP contribution in [0.4, 0.5) is 11.4 Å². The molecule has 36 heavy (non-hydrogen) atoms. The Hall–Kier alpha value is -4.50. The van der Waals surface area contributed by atoms with Crippen molar-refractivity contribution in [2.45, 2.75) is 0 Å². The Balaban J connectivity index is 0.000000169. The van der Waals surface area contributed by atoms with Gasteiger partial charge < -0.3 is 25.4 Å². The summed E-state index contributed by atoms with van der Waals surface area (Å²) in [7, 11) is 0. The second-order valence-corrected chi connectivity index (χ2v) is 8.07. The second kappa shape index (κ2) is 11.8. The first-order chi connectivity index (χ1) is 17.5. The van der Waals surface area contributed by atoms with E-state index in [9.17, 15) is 4.79 Å². The lowest BCUT2D eigenvalue weighted by Gasteiger charge is -2.28. The van der Waals surface area contributed by atoms with E-state index in [1.54, 1.807) is 12.1 Å². The van der Waals surface area contributed by atoms with Crippen LogP contribution in [0.5, 0.6) is 0 Å². The van der Waals surface area contributed by atoms with Gasteiger partial charge in [-0.1, -0.05) is 48.5 Å². The number of benzene rings is 3. The fourth-order valence-electron chi connectivity index (χ4n) is 3.88. The summed E-state index contributed by atoms with van der Waals surface area (Å²) in [4.78, 5) is 18.2. The van der Waals surface area contributed by atoms with Gasteiger partial charge in [-0.25, -0.2) is 0 Å². The molecular formula is C27H28N6O3. The maximum absolute atomic E-state index is 11.6. The van der Waals surface area contributed by atoms with Crippen LogP contribution in [0.1, 0.15) is 16.7 Å². The van der Waals surface area contributed by atoms with E-state index >= 15 is 0 Å². The van der Waals surface area contributed by atoms with Gasteiger partial charge in [-0.3, -0.25) is 20.6 Å². The third-order valence-corrected chi connectivity index (χ3v) is 5.60. The highest BCUT2D eigenvalue weighted by molar-refractivity contribution is 6.19. The van der Waals surface area contributed by atoms with E-state index in [0.29, 0.717) is 5.56 Å². The Kier molecular flexibility index (Phi) is 8.05. The zero-order chi connectivity index (χ0) is 25.3. The van der Waals surface area contributed by atoms with E-state index in [0.717, 1.165) is 54.5 Å². The van der Waals surface area contributed by atoms with Crippen LogP contribution in [0.15, 0.2) is 83.9 Å². The maximum Gasteiger partial charge on any atom is 0.285 e. The molecule has 2 aliphatic heterocycles. The normalized spacial score (nSPS) is 14.7. The number of hydrogen-bond donors (Lipinski definition) is 4. The molecule has 0 saturated carbocycles. The van der Waals surface area contributed by atoms with Gasteiger partial charge in [0.1, 0.15) is 6.54 Å². The molecule has 0 spiro atoms. The lowest BCUT2D eigenvalue weighted by Crippen LogP contribution is -2.36. The molecule has 5 rings (SSSR count). The third-order valence-electron chi connectivity index (χ3n) is 5.60. The molecule has 1 fully saturated rings. The van der Waals surface area contributed by atoms with Crippen LogP contribution in [-0.2, 0) is 14.3 Å². The molecule has 2 aliphatic rings. The van der Waals surface area contributed by atoms with Crippen LogP contribution in [0, 0.1) is 10.8 Å². The Labute approximate surface area is 209 Å². The molecule has 9 heteroatoms. The van der Waals surface area contributed by atoms with Crippen molar-refractivity contribution in [2.75, 3.05) is 43.1 Å². The number of nitrogens with zero attached hydrogens (tertiary/aromatic N) is 2. The number of morpholine rings is 1. The molecular weight excluding hydrogens is 456 g/mol. The van der Waals surface area contributed by atoms with Crippen LogP contribution >= 0.6 is 0 Å². The summed E-state index contributed by atoms with van der Waals surface area (Å²) in [6.07, 6.45) is 0. The van der Waals surface area contributed by atoms with Crippen molar-refractivity contribution in [3.63, 3.8) is 0 Å². The van der Waals surface area contributed by atoms with Crippen LogP contribution in [-0.4, -0.2) is 56.4 Å². The number of anilines is 2. The van der Waals surface area contributed by atoms with Crippen molar-refractivity contribution in [1.29, 1.82) is 10.8 Å². The second-order valence-electron chi connectivity index (χ2n) is 8.07. The highest BCUT2D eigenvalue weighted by atomic mass is 16.5. The van der Waals surface area contributed by atoms with Gasteiger partial charge in [0.15, 0.2) is 0 Å². The smallest absolute Gasteiger partial charge is 0.285 e. The number of para-hydroxylation sites is 1. The van der Waals surface area contributed by atoms with Gasteiger partial charge in [-0.15, -0.1) is 0 Å². The van der Waals surface area contributed by atoms with Crippen LogP contribution in [0.2, 0.25) is 0 Å². The molecule has 5 N–H and O–H groups in total. The summed E-state index contributed by atoms with van der Waals surface area (Å²) < 4.78 is 10.0. The number of carbonyl (C=O) groups excluding carboxylic acids is 1. The third kappa shape index (κ3) is 6.34. The van der Waals surface area contributed by atoms with Crippen molar-refractivity contribution < 1.29 is 14.3 Å². The van der Waals surface area contributed by atoms with E-state index in [1.807, 2.05) is 66.7 Å². The van der Waals surface area contributed by atoms with E-state index < -0.39 is 6.02 Å². The molecule has 0 aliphatic carbocycles. The maximum atomic E-state index is 11.6. The topological polar surface area (TPSA) is 137 Å². The Morgan fingerprint density at radius 2 is 1.61 bits per heavy atom. The van der Waals surface area contributed by atoms with Crippen molar-refractivity contribution >= 4 is 34.9 Å². The summed E-state index contributed by atoms with van der Waals surface area (Å²) in [5, 5.41) is 17.4. The van der Waals surface area contributed by atoms with Crippen LogP contribution in [0.25, 0.3) is 0 Å². The lowest BCUT2D eigenvalue weighted by atomic mass is 10.0. The van der Waals surface area contributed by atoms with E-state index in [2.05, 4.69) is 15.2 Å². The van der Waals surface area contributed by atoms with Gasteiger partial charge in [0.25, 0.3) is 6.02 Å². The Morgan fingerprint density at radius 1 is 0.944 bits per heavy atom. The molecule has 0 atom stereocenters. The summed E-state index contributed by atoms with van der Waals surface area (Å²) in [6, 6.07) is 24.6. The molecule has 2 heterocycles. The molecule has 0 radical (unpaired) electrons. The van der Waals surface area contributed by atoms with Gasteiger partial charge >= 0.3 is 0 Å². The monoisotopic (exact) mass is 484 g/mol. The lowest BCUT2D eigenvalue weighted by molar-refractivity contribution is -0.114. The SMILES string of the molecule is N=C(N)OC(=N)c1ccc(N2CCOCC2)cc1.O=C1CN=C(c2ccccc2)c2ccccc2N1. The number of amides is 1. The average Bonchev–Trinajstić information content (AvgIpc) is 3.08. The number of nitrogens with one attached hydrogen (secondary N) is 3. The number of nitrogens with two attached hydrogens (primary N) is 1. The fourth-order valence-corrected chi connectivity index (χ4v) is 3.88. The van der Waals surface area contributed by atoms with E-state index in [1.165, 1.54) is 0 Å². The van der Waals surface area contributed by atoms with Crippen molar-refractivity contribution in [3.8, 4) is 0 Å². The average molecular weight is 485 g/mol. The molecule has 3 aromatic carbocycles. The predicted octanol–water partition coefficient (Wildman–Crippen LogP) is 3.23. The van der Waals surface area contributed by atoms with Crippen molar-refractivity contribution in [3.05, 3.63) is 95.6 Å². The first-order valence-corrected chi connectivity index (χ1v) is 11.5. The number of amidine groups is 1. The first-order valence-electron chi connectivity index (χ1n) is 11.5.